The molecule has 0 amide bonds. The van der Waals surface area contributed by atoms with Gasteiger partial charge in [-0.3, -0.25) is 0 Å². The van der Waals surface area contributed by atoms with Crippen LogP contribution in [0.1, 0.15) is 11.1 Å². The molecule has 176 valence electrons. The molecule has 0 unspecified atom stereocenters. The Labute approximate surface area is 202 Å². The summed E-state index contributed by atoms with van der Waals surface area (Å²) in [4.78, 5) is 9.33. The number of benzene rings is 3. The second-order valence-corrected chi connectivity index (χ2v) is 8.16. The van der Waals surface area contributed by atoms with E-state index in [0.29, 0.717) is 47.1 Å². The van der Waals surface area contributed by atoms with Crippen molar-refractivity contribution in [2.45, 2.75) is 13.0 Å². The van der Waals surface area contributed by atoms with Gasteiger partial charge in [-0.15, -0.1) is 5.10 Å². The van der Waals surface area contributed by atoms with E-state index >= 15 is 0 Å². The zero-order chi connectivity index (χ0) is 24.2. The number of nitrogens with one attached hydrogen (secondary N) is 1. The van der Waals surface area contributed by atoms with E-state index in [2.05, 4.69) is 15.4 Å². The second-order valence-electron chi connectivity index (χ2n) is 8.16. The smallest absolute Gasteiger partial charge is 0.225 e. The van der Waals surface area contributed by atoms with Crippen molar-refractivity contribution >= 4 is 22.8 Å². The maximum absolute atomic E-state index is 14.1. The lowest BCUT2D eigenvalue weighted by atomic mass is 10.1. The average molecular weight is 469 g/mol. The normalized spacial score (nSPS) is 11.0. The largest absolute Gasteiger partial charge is 0.497 e. The van der Waals surface area contributed by atoms with Gasteiger partial charge in [0, 0.05) is 12.1 Å². The number of fused-ring (bicyclic) bond motifs is 1. The van der Waals surface area contributed by atoms with Crippen LogP contribution in [0, 0.1) is 5.82 Å². The molecule has 5 rings (SSSR count). The third-order valence-electron chi connectivity index (χ3n) is 5.77. The number of halogens is 1. The lowest BCUT2D eigenvalue weighted by Crippen LogP contribution is -2.09. The summed E-state index contributed by atoms with van der Waals surface area (Å²) < 4.78 is 21.0. The highest BCUT2D eigenvalue weighted by Gasteiger charge is 2.19. The molecule has 0 radical (unpaired) electrons. The van der Waals surface area contributed by atoms with Gasteiger partial charge in [0.2, 0.25) is 5.95 Å². The van der Waals surface area contributed by atoms with E-state index < -0.39 is 0 Å². The van der Waals surface area contributed by atoms with Gasteiger partial charge in [0.15, 0.2) is 5.65 Å². The molecule has 0 aliphatic rings. The number of hydrogen-bond acceptors (Lipinski definition) is 6. The fourth-order valence-electron chi connectivity index (χ4n) is 3.97. The molecule has 0 atom stereocenters. The minimum absolute atomic E-state index is 0.349. The Morgan fingerprint density at radius 1 is 0.943 bits per heavy atom. The number of rotatable bonds is 8. The topological polar surface area (TPSA) is 90.9 Å². The summed E-state index contributed by atoms with van der Waals surface area (Å²) in [6.45, 7) is 1.10. The minimum atomic E-state index is -0.349. The number of methoxy groups -OCH3 is 1. The summed E-state index contributed by atoms with van der Waals surface area (Å²) in [6, 6.07) is 24.1. The van der Waals surface area contributed by atoms with Crippen molar-refractivity contribution in [3.63, 3.8) is 0 Å². The van der Waals surface area contributed by atoms with Gasteiger partial charge in [-0.05, 0) is 41.8 Å². The van der Waals surface area contributed by atoms with Gasteiger partial charge < -0.3 is 15.8 Å². The third-order valence-corrected chi connectivity index (χ3v) is 5.77. The van der Waals surface area contributed by atoms with Gasteiger partial charge in [0.25, 0.3) is 0 Å². The highest BCUT2D eigenvalue weighted by molar-refractivity contribution is 5.98. The summed E-state index contributed by atoms with van der Waals surface area (Å²) in [6.07, 6.45) is 0.769. The molecule has 0 spiro atoms. The van der Waals surface area contributed by atoms with Crippen molar-refractivity contribution in [3.05, 3.63) is 95.8 Å². The highest BCUT2D eigenvalue weighted by Crippen LogP contribution is 2.32. The molecule has 2 aromatic heterocycles. The van der Waals surface area contributed by atoms with E-state index in [1.54, 1.807) is 23.9 Å². The van der Waals surface area contributed by atoms with E-state index in [0.717, 1.165) is 23.3 Å². The van der Waals surface area contributed by atoms with Crippen LogP contribution in [0.4, 0.5) is 16.2 Å². The Balaban J connectivity index is 1.48. The Hall–Kier alpha value is -4.46. The maximum Gasteiger partial charge on any atom is 0.225 e. The van der Waals surface area contributed by atoms with Crippen LogP contribution < -0.4 is 15.8 Å². The Bertz CT molecular complexity index is 1450. The monoisotopic (exact) mass is 468 g/mol. The Morgan fingerprint density at radius 2 is 1.74 bits per heavy atom. The maximum atomic E-state index is 14.1. The molecule has 0 saturated heterocycles. The fourth-order valence-corrected chi connectivity index (χ4v) is 3.97. The molecule has 0 fully saturated rings. The zero-order valence-corrected chi connectivity index (χ0v) is 19.3. The molecule has 0 bridgehead atoms. The van der Waals surface area contributed by atoms with E-state index in [4.69, 9.17) is 15.5 Å². The summed E-state index contributed by atoms with van der Waals surface area (Å²) >= 11 is 0. The Kier molecular flexibility index (Phi) is 6.26. The molecule has 7 nitrogen and oxygen atoms in total. The van der Waals surface area contributed by atoms with Crippen molar-refractivity contribution in [2.24, 2.45) is 0 Å². The van der Waals surface area contributed by atoms with Gasteiger partial charge in [-0.2, -0.15) is 4.98 Å². The van der Waals surface area contributed by atoms with Crippen LogP contribution in [-0.4, -0.2) is 33.4 Å². The first-order valence-electron chi connectivity index (χ1n) is 11.3. The summed E-state index contributed by atoms with van der Waals surface area (Å²) in [5.41, 5.74) is 10.3. The standard InChI is InChI=1S/C27H25FN6O/c1-35-22-12-10-18(11-13-22)14-15-30-27-31-24(20-8-5-9-21(28)16-20)23-25(29)34(33-26(23)32-27)17-19-6-3-2-4-7-19/h2-13,16H,14-15,17,29H2,1H3,(H,30,32,33). The van der Waals surface area contributed by atoms with Crippen LogP contribution >= 0.6 is 0 Å². The first-order valence-corrected chi connectivity index (χ1v) is 11.3. The minimum Gasteiger partial charge on any atom is -0.497 e. The molecular formula is C27H25FN6O. The predicted octanol–water partition coefficient (Wildman–Crippen LogP) is 4.93. The van der Waals surface area contributed by atoms with Gasteiger partial charge in [0.1, 0.15) is 17.4 Å². The quantitative estimate of drug-likeness (QED) is 0.336. The van der Waals surface area contributed by atoms with Crippen LogP contribution in [0.5, 0.6) is 5.75 Å². The van der Waals surface area contributed by atoms with Gasteiger partial charge in [-0.1, -0.05) is 54.6 Å². The van der Waals surface area contributed by atoms with Crippen LogP contribution in [-0.2, 0) is 13.0 Å². The van der Waals surface area contributed by atoms with Crippen LogP contribution in [0.3, 0.4) is 0 Å². The predicted molar refractivity (Wildman–Crippen MR) is 136 cm³/mol. The highest BCUT2D eigenvalue weighted by atomic mass is 19.1. The molecule has 0 saturated carbocycles. The van der Waals surface area contributed by atoms with E-state index in [1.165, 1.54) is 12.1 Å². The Morgan fingerprint density at radius 3 is 2.49 bits per heavy atom. The third kappa shape index (κ3) is 4.91. The first kappa shape index (κ1) is 22.3. The summed E-state index contributed by atoms with van der Waals surface area (Å²) in [5.74, 6) is 1.32. The molecular weight excluding hydrogens is 443 g/mol. The molecule has 3 N–H and O–H groups in total. The fraction of sp³-hybridized carbons (Fsp3) is 0.148. The SMILES string of the molecule is COc1ccc(CCNc2nc(-c3cccc(F)c3)c3c(N)n(Cc4ccccc4)nc3n2)cc1. The number of nitrogens with two attached hydrogens (primary N) is 1. The molecule has 8 heteroatoms. The van der Waals surface area contributed by atoms with Crippen LogP contribution in [0.25, 0.3) is 22.3 Å². The number of nitrogen functional groups attached to an aromatic ring is 1. The van der Waals surface area contributed by atoms with Gasteiger partial charge in [0.05, 0.1) is 24.7 Å². The average Bonchev–Trinajstić information content (AvgIpc) is 3.19. The zero-order valence-electron chi connectivity index (χ0n) is 19.3. The lowest BCUT2D eigenvalue weighted by Gasteiger charge is -2.09. The van der Waals surface area contributed by atoms with E-state index in [-0.39, 0.29) is 5.82 Å². The molecule has 2 heterocycles. The van der Waals surface area contributed by atoms with Crippen molar-refractivity contribution in [1.29, 1.82) is 0 Å². The van der Waals surface area contributed by atoms with Crippen LogP contribution in [0.2, 0.25) is 0 Å². The molecule has 35 heavy (non-hydrogen) atoms. The second kappa shape index (κ2) is 9.80. The van der Waals surface area contributed by atoms with Gasteiger partial charge in [-0.25, -0.2) is 14.1 Å². The number of anilines is 2. The number of hydrogen-bond donors (Lipinski definition) is 2. The number of nitrogens with zero attached hydrogens (tertiary/aromatic N) is 4. The van der Waals surface area contributed by atoms with Gasteiger partial charge >= 0.3 is 0 Å². The number of aromatic nitrogens is 4. The number of ether oxygens (including phenoxy) is 1. The van der Waals surface area contributed by atoms with Crippen LogP contribution in [0.15, 0.2) is 78.9 Å². The molecule has 0 aliphatic heterocycles. The van der Waals surface area contributed by atoms with E-state index in [1.807, 2.05) is 54.6 Å². The van der Waals surface area contributed by atoms with Crippen molar-refractivity contribution in [1.82, 2.24) is 19.7 Å². The summed E-state index contributed by atoms with van der Waals surface area (Å²) in [5, 5.41) is 8.54. The lowest BCUT2D eigenvalue weighted by molar-refractivity contribution is 0.414. The first-order chi connectivity index (χ1) is 17.1. The molecule has 5 aromatic rings. The van der Waals surface area contributed by atoms with E-state index in [9.17, 15) is 4.39 Å². The van der Waals surface area contributed by atoms with Crippen molar-refractivity contribution < 1.29 is 9.13 Å². The summed E-state index contributed by atoms with van der Waals surface area (Å²) in [7, 11) is 1.65. The van der Waals surface area contributed by atoms with Crippen molar-refractivity contribution in [3.8, 4) is 17.0 Å². The molecule has 0 aliphatic carbocycles. The molecule has 3 aromatic carbocycles. The van der Waals surface area contributed by atoms with Crippen molar-refractivity contribution in [2.75, 3.05) is 24.7 Å².